The van der Waals surface area contributed by atoms with E-state index in [1.165, 1.54) is 25.7 Å². The largest absolute Gasteiger partial charge is 0.497 e. The van der Waals surface area contributed by atoms with Crippen LogP contribution in [0, 0.1) is 11.8 Å². The quantitative estimate of drug-likeness (QED) is 0.856. The molecule has 0 heterocycles. The van der Waals surface area contributed by atoms with Crippen molar-refractivity contribution >= 4 is 5.69 Å². The molecular weight excluding hydrogens is 238 g/mol. The zero-order valence-electron chi connectivity index (χ0n) is 11.9. The number of hydrogen-bond acceptors (Lipinski definition) is 3. The van der Waals surface area contributed by atoms with E-state index in [1.807, 2.05) is 24.3 Å². The summed E-state index contributed by atoms with van der Waals surface area (Å²) in [6.45, 7) is 2.51. The molecule has 0 spiro atoms. The molecule has 1 saturated carbocycles. The van der Waals surface area contributed by atoms with E-state index in [2.05, 4.69) is 12.2 Å². The van der Waals surface area contributed by atoms with Crippen LogP contribution in [0.4, 0.5) is 5.69 Å². The van der Waals surface area contributed by atoms with Gasteiger partial charge >= 0.3 is 0 Å². The van der Waals surface area contributed by atoms with Crippen LogP contribution < -0.4 is 10.1 Å². The highest BCUT2D eigenvalue weighted by Crippen LogP contribution is 2.31. The summed E-state index contributed by atoms with van der Waals surface area (Å²) in [5.41, 5.74) is 1.03. The molecule has 0 radical (unpaired) electrons. The third-order valence-electron chi connectivity index (χ3n) is 4.25. The number of hydrogen-bond donors (Lipinski definition) is 2. The summed E-state index contributed by atoms with van der Waals surface area (Å²) in [7, 11) is 1.67. The van der Waals surface area contributed by atoms with Crippen molar-refractivity contribution in [1.29, 1.82) is 0 Å². The molecule has 0 saturated heterocycles. The average molecular weight is 263 g/mol. The molecule has 0 bridgehead atoms. The van der Waals surface area contributed by atoms with Crippen LogP contribution >= 0.6 is 0 Å². The molecule has 0 aliphatic heterocycles. The number of aliphatic hydroxyl groups excluding tert-OH is 1. The van der Waals surface area contributed by atoms with Gasteiger partial charge in [-0.15, -0.1) is 0 Å². The maximum absolute atomic E-state index is 9.64. The summed E-state index contributed by atoms with van der Waals surface area (Å²) in [6.07, 6.45) is 4.98. The molecule has 1 aromatic rings. The van der Waals surface area contributed by atoms with Crippen molar-refractivity contribution in [2.24, 2.45) is 11.8 Å². The Hall–Kier alpha value is -1.22. The predicted molar refractivity (Wildman–Crippen MR) is 78.6 cm³/mol. The Morgan fingerprint density at radius 1 is 1.32 bits per heavy atom. The first-order valence-electron chi connectivity index (χ1n) is 7.24. The maximum atomic E-state index is 9.64. The Labute approximate surface area is 116 Å². The molecule has 1 aliphatic carbocycles. The van der Waals surface area contributed by atoms with Crippen molar-refractivity contribution in [3.63, 3.8) is 0 Å². The topological polar surface area (TPSA) is 41.5 Å². The van der Waals surface area contributed by atoms with Gasteiger partial charge in [-0.25, -0.2) is 0 Å². The second-order valence-electron chi connectivity index (χ2n) is 5.69. The molecule has 2 rings (SSSR count). The third kappa shape index (κ3) is 3.87. The van der Waals surface area contributed by atoms with E-state index in [4.69, 9.17) is 4.74 Å². The minimum atomic E-state index is 0.152. The fourth-order valence-electron chi connectivity index (χ4n) is 2.93. The molecule has 3 nitrogen and oxygen atoms in total. The minimum absolute atomic E-state index is 0.152. The van der Waals surface area contributed by atoms with Gasteiger partial charge in [0.15, 0.2) is 0 Å². The first kappa shape index (κ1) is 14.2. The Bertz CT molecular complexity index is 386. The molecular formula is C16H25NO2. The first-order chi connectivity index (χ1) is 9.22. The van der Waals surface area contributed by atoms with Crippen molar-refractivity contribution in [2.75, 3.05) is 19.0 Å². The predicted octanol–water partition coefficient (Wildman–Crippen LogP) is 3.29. The number of ether oxygens (including phenoxy) is 1. The van der Waals surface area contributed by atoms with Crippen molar-refractivity contribution in [3.05, 3.63) is 24.3 Å². The van der Waals surface area contributed by atoms with E-state index < -0.39 is 0 Å². The fourth-order valence-corrected chi connectivity index (χ4v) is 2.93. The summed E-state index contributed by atoms with van der Waals surface area (Å²) in [5, 5.41) is 13.1. The second kappa shape index (κ2) is 6.80. The molecule has 19 heavy (non-hydrogen) atoms. The zero-order chi connectivity index (χ0) is 13.7. The van der Waals surface area contributed by atoms with Gasteiger partial charge in [0.2, 0.25) is 0 Å². The molecule has 1 atom stereocenters. The molecule has 2 N–H and O–H groups in total. The number of anilines is 1. The van der Waals surface area contributed by atoms with Gasteiger partial charge in [0.25, 0.3) is 0 Å². The lowest BCUT2D eigenvalue weighted by Crippen LogP contribution is -2.34. The van der Waals surface area contributed by atoms with Crippen LogP contribution in [0.1, 0.15) is 32.6 Å². The van der Waals surface area contributed by atoms with Crippen LogP contribution in [-0.2, 0) is 0 Å². The van der Waals surface area contributed by atoms with E-state index >= 15 is 0 Å². The van der Waals surface area contributed by atoms with Gasteiger partial charge in [0, 0.05) is 11.8 Å². The van der Waals surface area contributed by atoms with E-state index in [0.717, 1.165) is 17.4 Å². The molecule has 0 amide bonds. The van der Waals surface area contributed by atoms with E-state index in [0.29, 0.717) is 5.92 Å². The number of nitrogens with one attached hydrogen (secondary N) is 1. The van der Waals surface area contributed by atoms with Crippen molar-refractivity contribution in [3.8, 4) is 5.75 Å². The third-order valence-corrected chi connectivity index (χ3v) is 4.25. The maximum Gasteiger partial charge on any atom is 0.120 e. The summed E-state index contributed by atoms with van der Waals surface area (Å²) in [5.74, 6) is 2.26. The van der Waals surface area contributed by atoms with Gasteiger partial charge in [-0.2, -0.15) is 0 Å². The molecule has 1 aliphatic rings. The van der Waals surface area contributed by atoms with Crippen LogP contribution in [0.3, 0.4) is 0 Å². The van der Waals surface area contributed by atoms with Gasteiger partial charge < -0.3 is 15.2 Å². The highest BCUT2D eigenvalue weighted by atomic mass is 16.5. The molecule has 3 heteroatoms. The lowest BCUT2D eigenvalue weighted by molar-refractivity contribution is 0.192. The molecule has 1 aromatic carbocycles. The Balaban J connectivity index is 1.98. The van der Waals surface area contributed by atoms with Crippen LogP contribution in [0.15, 0.2) is 24.3 Å². The Kier molecular flexibility index (Phi) is 5.08. The average Bonchev–Trinajstić information content (AvgIpc) is 2.46. The number of aliphatic hydroxyl groups is 1. The summed E-state index contributed by atoms with van der Waals surface area (Å²) in [6, 6.07) is 8.06. The summed E-state index contributed by atoms with van der Waals surface area (Å²) < 4.78 is 5.23. The SMILES string of the molecule is COc1cccc(NC(CO)C2CCC(C)CC2)c1. The first-order valence-corrected chi connectivity index (χ1v) is 7.24. The fraction of sp³-hybridized carbons (Fsp3) is 0.625. The lowest BCUT2D eigenvalue weighted by Gasteiger charge is -2.32. The van der Waals surface area contributed by atoms with Gasteiger partial charge in [-0.05, 0) is 36.8 Å². The highest BCUT2D eigenvalue weighted by Gasteiger charge is 2.25. The smallest absolute Gasteiger partial charge is 0.120 e. The Morgan fingerprint density at radius 2 is 2.05 bits per heavy atom. The molecule has 1 fully saturated rings. The Morgan fingerprint density at radius 3 is 2.68 bits per heavy atom. The summed E-state index contributed by atoms with van der Waals surface area (Å²) >= 11 is 0. The van der Waals surface area contributed by atoms with Crippen LogP contribution in [0.25, 0.3) is 0 Å². The van der Waals surface area contributed by atoms with Crippen LogP contribution in [0.2, 0.25) is 0 Å². The lowest BCUT2D eigenvalue weighted by atomic mass is 9.79. The van der Waals surface area contributed by atoms with Crippen LogP contribution in [-0.4, -0.2) is 24.9 Å². The van der Waals surface area contributed by atoms with Crippen molar-refractivity contribution in [1.82, 2.24) is 0 Å². The van der Waals surface area contributed by atoms with E-state index in [9.17, 15) is 5.11 Å². The van der Waals surface area contributed by atoms with Gasteiger partial charge in [0.1, 0.15) is 5.75 Å². The normalized spacial score (nSPS) is 24.8. The van der Waals surface area contributed by atoms with Gasteiger partial charge in [-0.1, -0.05) is 25.8 Å². The molecule has 0 aromatic heterocycles. The zero-order valence-corrected chi connectivity index (χ0v) is 11.9. The highest BCUT2D eigenvalue weighted by molar-refractivity contribution is 5.49. The van der Waals surface area contributed by atoms with E-state index in [1.54, 1.807) is 7.11 Å². The summed E-state index contributed by atoms with van der Waals surface area (Å²) in [4.78, 5) is 0. The van der Waals surface area contributed by atoms with Crippen molar-refractivity contribution < 1.29 is 9.84 Å². The standard InChI is InChI=1S/C16H25NO2/c1-12-6-8-13(9-7-12)16(11-18)17-14-4-3-5-15(10-14)19-2/h3-5,10,12-13,16-18H,6-9,11H2,1-2H3. The molecule has 1 unspecified atom stereocenters. The number of methoxy groups -OCH3 is 1. The van der Waals surface area contributed by atoms with Gasteiger partial charge in [-0.3, -0.25) is 0 Å². The number of benzene rings is 1. The van der Waals surface area contributed by atoms with Gasteiger partial charge in [0.05, 0.1) is 19.8 Å². The number of rotatable bonds is 5. The second-order valence-corrected chi connectivity index (χ2v) is 5.69. The molecule has 106 valence electrons. The van der Waals surface area contributed by atoms with E-state index in [-0.39, 0.29) is 12.6 Å². The minimum Gasteiger partial charge on any atom is -0.497 e. The monoisotopic (exact) mass is 263 g/mol. The van der Waals surface area contributed by atoms with Crippen molar-refractivity contribution in [2.45, 2.75) is 38.6 Å². The van der Waals surface area contributed by atoms with Crippen LogP contribution in [0.5, 0.6) is 5.75 Å².